The highest BCUT2D eigenvalue weighted by molar-refractivity contribution is 5.98. The Balaban J connectivity index is 2.07. The van der Waals surface area contributed by atoms with Crippen molar-refractivity contribution >= 4 is 11.7 Å². The van der Waals surface area contributed by atoms with Crippen LogP contribution in [-0.4, -0.2) is 28.6 Å². The first-order chi connectivity index (χ1) is 10.4. The summed E-state index contributed by atoms with van der Waals surface area (Å²) in [4.78, 5) is 16.5. The number of pyridine rings is 1. The van der Waals surface area contributed by atoms with E-state index in [9.17, 15) is 9.90 Å². The number of hydrogen-bond acceptors (Lipinski definition) is 5. The maximum absolute atomic E-state index is 12.3. The molecule has 0 saturated carbocycles. The molecule has 0 aliphatic heterocycles. The molecule has 118 valence electrons. The van der Waals surface area contributed by atoms with Crippen LogP contribution in [0.2, 0.25) is 0 Å². The summed E-state index contributed by atoms with van der Waals surface area (Å²) in [7, 11) is 0. The van der Waals surface area contributed by atoms with E-state index in [-0.39, 0.29) is 18.5 Å². The van der Waals surface area contributed by atoms with E-state index in [0.29, 0.717) is 17.1 Å². The van der Waals surface area contributed by atoms with Gasteiger partial charge in [-0.2, -0.15) is 0 Å². The number of furan rings is 1. The number of anilines is 1. The van der Waals surface area contributed by atoms with Crippen molar-refractivity contribution in [3.8, 4) is 0 Å². The molecule has 6 nitrogen and oxygen atoms in total. The molecule has 1 unspecified atom stereocenters. The van der Waals surface area contributed by atoms with Crippen molar-refractivity contribution in [3.63, 3.8) is 0 Å². The Morgan fingerprint density at radius 3 is 2.82 bits per heavy atom. The highest BCUT2D eigenvalue weighted by Crippen LogP contribution is 2.20. The lowest BCUT2D eigenvalue weighted by atomic mass is 10.0. The molecule has 0 spiro atoms. The van der Waals surface area contributed by atoms with E-state index in [2.05, 4.69) is 15.6 Å². The Morgan fingerprint density at radius 2 is 2.18 bits per heavy atom. The van der Waals surface area contributed by atoms with Gasteiger partial charge in [-0.05, 0) is 45.0 Å². The molecule has 0 saturated heterocycles. The van der Waals surface area contributed by atoms with Crippen LogP contribution in [0.5, 0.6) is 0 Å². The van der Waals surface area contributed by atoms with Crippen molar-refractivity contribution in [1.82, 2.24) is 10.3 Å². The lowest BCUT2D eigenvalue weighted by Gasteiger charge is -2.21. The second-order valence-electron chi connectivity index (χ2n) is 5.63. The number of amides is 1. The van der Waals surface area contributed by atoms with E-state index in [1.165, 1.54) is 6.26 Å². The molecule has 0 radical (unpaired) electrons. The van der Waals surface area contributed by atoms with Crippen molar-refractivity contribution in [3.05, 3.63) is 48.0 Å². The fraction of sp³-hybridized carbons (Fsp3) is 0.375. The summed E-state index contributed by atoms with van der Waals surface area (Å²) in [5.41, 5.74) is -0.834. The molecule has 0 aliphatic carbocycles. The summed E-state index contributed by atoms with van der Waals surface area (Å²) in [6.07, 6.45) is 3.11. The minimum Gasteiger partial charge on any atom is -0.466 e. The largest absolute Gasteiger partial charge is 0.466 e. The fourth-order valence-electron chi connectivity index (χ4n) is 2.00. The highest BCUT2D eigenvalue weighted by atomic mass is 16.4. The van der Waals surface area contributed by atoms with E-state index in [1.54, 1.807) is 37.4 Å². The van der Waals surface area contributed by atoms with E-state index >= 15 is 0 Å². The average Bonchev–Trinajstić information content (AvgIpc) is 3.00. The summed E-state index contributed by atoms with van der Waals surface area (Å²) >= 11 is 0. The van der Waals surface area contributed by atoms with Crippen LogP contribution in [0, 0.1) is 0 Å². The predicted molar refractivity (Wildman–Crippen MR) is 83.6 cm³/mol. The van der Waals surface area contributed by atoms with Gasteiger partial charge in [0.1, 0.15) is 17.2 Å². The number of rotatable bonds is 6. The molecule has 2 heterocycles. The van der Waals surface area contributed by atoms with Crippen LogP contribution in [0.1, 0.15) is 36.9 Å². The van der Waals surface area contributed by atoms with Crippen molar-refractivity contribution in [2.75, 3.05) is 11.9 Å². The second-order valence-corrected chi connectivity index (χ2v) is 5.63. The number of carbonyl (C=O) groups is 1. The van der Waals surface area contributed by atoms with Gasteiger partial charge in [0.25, 0.3) is 5.91 Å². The molecule has 0 aliphatic rings. The fourth-order valence-corrected chi connectivity index (χ4v) is 2.00. The van der Waals surface area contributed by atoms with Gasteiger partial charge in [-0.15, -0.1) is 0 Å². The maximum atomic E-state index is 12.3. The van der Waals surface area contributed by atoms with Crippen molar-refractivity contribution in [1.29, 1.82) is 0 Å². The van der Waals surface area contributed by atoms with Crippen LogP contribution >= 0.6 is 0 Å². The van der Waals surface area contributed by atoms with Crippen molar-refractivity contribution < 1.29 is 14.3 Å². The molecular formula is C16H21N3O3. The molecule has 2 aromatic rings. The number of aromatic nitrogens is 1. The standard InChI is InChI=1S/C16H21N3O3/c1-11(2)19-14-12(6-4-8-17-14)15(20)18-10-16(3,21)13-7-5-9-22-13/h4-9,11,21H,10H2,1-3H3,(H,17,19)(H,18,20). The lowest BCUT2D eigenvalue weighted by Crippen LogP contribution is -2.38. The minimum absolute atomic E-state index is 0.0371. The smallest absolute Gasteiger partial charge is 0.255 e. The molecule has 2 rings (SSSR count). The Labute approximate surface area is 129 Å². The average molecular weight is 303 g/mol. The predicted octanol–water partition coefficient (Wildman–Crippen LogP) is 2.13. The van der Waals surface area contributed by atoms with Gasteiger partial charge in [-0.25, -0.2) is 4.98 Å². The monoisotopic (exact) mass is 303 g/mol. The molecule has 1 amide bonds. The van der Waals surface area contributed by atoms with Gasteiger partial charge in [-0.1, -0.05) is 0 Å². The van der Waals surface area contributed by atoms with Gasteiger partial charge in [0, 0.05) is 12.2 Å². The first-order valence-corrected chi connectivity index (χ1v) is 7.16. The summed E-state index contributed by atoms with van der Waals surface area (Å²) in [6.45, 7) is 5.56. The number of nitrogens with zero attached hydrogens (tertiary/aromatic N) is 1. The highest BCUT2D eigenvalue weighted by Gasteiger charge is 2.27. The summed E-state index contributed by atoms with van der Waals surface area (Å²) in [6, 6.07) is 6.91. The zero-order chi connectivity index (χ0) is 16.2. The molecular weight excluding hydrogens is 282 g/mol. The van der Waals surface area contributed by atoms with Crippen molar-refractivity contribution in [2.24, 2.45) is 0 Å². The third-order valence-electron chi connectivity index (χ3n) is 3.12. The Kier molecular flexibility index (Phi) is 4.82. The van der Waals surface area contributed by atoms with Gasteiger partial charge in [0.15, 0.2) is 0 Å². The SMILES string of the molecule is CC(C)Nc1ncccc1C(=O)NCC(C)(O)c1ccco1. The van der Waals surface area contributed by atoms with Gasteiger partial charge in [0.05, 0.1) is 18.4 Å². The third-order valence-corrected chi connectivity index (χ3v) is 3.12. The molecule has 3 N–H and O–H groups in total. The van der Waals surface area contributed by atoms with E-state index in [1.807, 2.05) is 13.8 Å². The number of nitrogens with one attached hydrogen (secondary N) is 2. The van der Waals surface area contributed by atoms with Crippen LogP contribution in [0.15, 0.2) is 41.1 Å². The minimum atomic E-state index is -1.27. The summed E-state index contributed by atoms with van der Waals surface area (Å²) in [5.74, 6) is 0.621. The maximum Gasteiger partial charge on any atom is 0.255 e. The molecule has 22 heavy (non-hydrogen) atoms. The zero-order valence-corrected chi connectivity index (χ0v) is 13.0. The number of hydrogen-bond donors (Lipinski definition) is 3. The third kappa shape index (κ3) is 3.85. The van der Waals surface area contributed by atoms with Crippen LogP contribution in [0.25, 0.3) is 0 Å². The van der Waals surface area contributed by atoms with E-state index < -0.39 is 5.60 Å². The van der Waals surface area contributed by atoms with Gasteiger partial charge in [-0.3, -0.25) is 4.79 Å². The first-order valence-electron chi connectivity index (χ1n) is 7.16. The van der Waals surface area contributed by atoms with Crippen molar-refractivity contribution in [2.45, 2.75) is 32.4 Å². The molecule has 0 fully saturated rings. The number of carbonyl (C=O) groups excluding carboxylic acids is 1. The Bertz CT molecular complexity index is 621. The number of aliphatic hydroxyl groups is 1. The van der Waals surface area contributed by atoms with Gasteiger partial charge < -0.3 is 20.2 Å². The molecule has 1 atom stereocenters. The zero-order valence-electron chi connectivity index (χ0n) is 13.0. The van der Waals surface area contributed by atoms with Gasteiger partial charge in [0.2, 0.25) is 0 Å². The Hall–Kier alpha value is -2.34. The lowest BCUT2D eigenvalue weighted by molar-refractivity contribution is 0.0330. The van der Waals surface area contributed by atoms with Gasteiger partial charge >= 0.3 is 0 Å². The quantitative estimate of drug-likeness (QED) is 0.761. The molecule has 2 aromatic heterocycles. The first kappa shape index (κ1) is 16.0. The van der Waals surface area contributed by atoms with E-state index in [4.69, 9.17) is 4.42 Å². The Morgan fingerprint density at radius 1 is 1.41 bits per heavy atom. The summed E-state index contributed by atoms with van der Waals surface area (Å²) < 4.78 is 5.19. The van der Waals surface area contributed by atoms with Crippen LogP contribution in [0.3, 0.4) is 0 Å². The summed E-state index contributed by atoms with van der Waals surface area (Å²) in [5, 5.41) is 16.2. The van der Waals surface area contributed by atoms with Crippen LogP contribution in [-0.2, 0) is 5.60 Å². The topological polar surface area (TPSA) is 87.4 Å². The molecule has 0 aromatic carbocycles. The second kappa shape index (κ2) is 6.62. The molecule has 6 heteroatoms. The van der Waals surface area contributed by atoms with E-state index in [0.717, 1.165) is 0 Å². The normalized spacial score (nSPS) is 13.7. The van der Waals surface area contributed by atoms with Crippen LogP contribution in [0.4, 0.5) is 5.82 Å². The van der Waals surface area contributed by atoms with Crippen LogP contribution < -0.4 is 10.6 Å². The molecule has 0 bridgehead atoms.